The van der Waals surface area contributed by atoms with E-state index in [1.165, 1.54) is 18.5 Å². The molecule has 3 aromatic rings. The van der Waals surface area contributed by atoms with Crippen LogP contribution in [-0.2, 0) is 0 Å². The fraction of sp³-hybridized carbons (Fsp3) is 0.0769. The highest BCUT2D eigenvalue weighted by atomic mass is 16.6. The first-order valence-electron chi connectivity index (χ1n) is 5.93. The molecular formula is C13H11N5O2. The summed E-state index contributed by atoms with van der Waals surface area (Å²) in [4.78, 5) is 23.5. The number of nitro groups is 1. The average molecular weight is 269 g/mol. The Balaban J connectivity index is 2.01. The van der Waals surface area contributed by atoms with Gasteiger partial charge in [0.2, 0.25) is 0 Å². The molecule has 0 atom stereocenters. The summed E-state index contributed by atoms with van der Waals surface area (Å²) in [5, 5.41) is 11.6. The molecule has 0 bridgehead atoms. The van der Waals surface area contributed by atoms with Crippen LogP contribution >= 0.6 is 0 Å². The van der Waals surface area contributed by atoms with Gasteiger partial charge in [-0.15, -0.1) is 0 Å². The highest BCUT2D eigenvalue weighted by Gasteiger charge is 2.12. The van der Waals surface area contributed by atoms with Crippen LogP contribution in [0.4, 0.5) is 17.2 Å². The maximum absolute atomic E-state index is 10.7. The van der Waals surface area contributed by atoms with Crippen molar-refractivity contribution in [1.82, 2.24) is 15.0 Å². The number of hydrogen-bond donors (Lipinski definition) is 1. The second kappa shape index (κ2) is 4.61. The Morgan fingerprint density at radius 3 is 2.65 bits per heavy atom. The number of fused-ring (bicyclic) bond motifs is 1. The van der Waals surface area contributed by atoms with Gasteiger partial charge >= 0.3 is 0 Å². The quantitative estimate of drug-likeness (QED) is 0.583. The van der Waals surface area contributed by atoms with Gasteiger partial charge in [-0.2, -0.15) is 0 Å². The molecule has 0 radical (unpaired) electrons. The van der Waals surface area contributed by atoms with E-state index < -0.39 is 4.92 Å². The first kappa shape index (κ1) is 12.1. The average Bonchev–Trinajstić information content (AvgIpc) is 2.95. The minimum Gasteiger partial charge on any atom is -0.346 e. The van der Waals surface area contributed by atoms with Crippen LogP contribution in [0.3, 0.4) is 0 Å². The van der Waals surface area contributed by atoms with Crippen LogP contribution in [0.25, 0.3) is 11.0 Å². The molecule has 0 aliphatic rings. The van der Waals surface area contributed by atoms with E-state index in [0.717, 1.165) is 22.5 Å². The molecule has 1 N–H and O–H groups in total. The molecule has 1 aromatic carbocycles. The molecule has 0 aliphatic heterocycles. The van der Waals surface area contributed by atoms with Crippen LogP contribution in [-0.4, -0.2) is 26.9 Å². The van der Waals surface area contributed by atoms with Crippen LogP contribution in [0.2, 0.25) is 0 Å². The zero-order valence-electron chi connectivity index (χ0n) is 10.6. The maximum Gasteiger partial charge on any atom is 0.269 e. The summed E-state index contributed by atoms with van der Waals surface area (Å²) < 4.78 is 0. The van der Waals surface area contributed by atoms with E-state index >= 15 is 0 Å². The van der Waals surface area contributed by atoms with Crippen LogP contribution in [0.15, 0.2) is 42.9 Å². The Bertz CT molecular complexity index is 766. The van der Waals surface area contributed by atoms with Gasteiger partial charge in [0.15, 0.2) is 0 Å². The molecule has 0 unspecified atom stereocenters. The number of hydrogen-bond acceptors (Lipinski definition) is 5. The Labute approximate surface area is 114 Å². The van der Waals surface area contributed by atoms with Crippen LogP contribution in [0.5, 0.6) is 0 Å². The molecule has 2 heterocycles. The summed E-state index contributed by atoms with van der Waals surface area (Å²) >= 11 is 0. The highest BCUT2D eigenvalue weighted by molar-refractivity contribution is 5.89. The third-order valence-electron chi connectivity index (χ3n) is 3.10. The third kappa shape index (κ3) is 1.95. The summed E-state index contributed by atoms with van der Waals surface area (Å²) in [5.41, 5.74) is 1.64. The lowest BCUT2D eigenvalue weighted by atomic mass is 10.2. The van der Waals surface area contributed by atoms with Gasteiger partial charge in [-0.05, 0) is 18.2 Å². The largest absolute Gasteiger partial charge is 0.346 e. The number of nitro benzene ring substituents is 1. The predicted molar refractivity (Wildman–Crippen MR) is 75.0 cm³/mol. The summed E-state index contributed by atoms with van der Waals surface area (Å²) in [6, 6.07) is 8.23. The Kier molecular flexibility index (Phi) is 2.79. The van der Waals surface area contributed by atoms with Crippen LogP contribution in [0, 0.1) is 10.1 Å². The van der Waals surface area contributed by atoms with Crippen molar-refractivity contribution in [3.63, 3.8) is 0 Å². The van der Waals surface area contributed by atoms with Gasteiger partial charge in [0.05, 0.1) is 10.3 Å². The van der Waals surface area contributed by atoms with Gasteiger partial charge in [-0.1, -0.05) is 0 Å². The molecule has 7 nitrogen and oxygen atoms in total. The summed E-state index contributed by atoms with van der Waals surface area (Å²) in [6.07, 6.45) is 3.28. The Morgan fingerprint density at radius 2 is 1.95 bits per heavy atom. The molecule has 0 spiro atoms. The van der Waals surface area contributed by atoms with Crippen molar-refractivity contribution < 1.29 is 4.92 Å². The molecule has 2 aromatic heterocycles. The SMILES string of the molecule is CN(c1ccc([N+](=O)[O-])cc1)c1ncnc2[nH]ccc12. The van der Waals surface area contributed by atoms with Crippen molar-refractivity contribution in [2.24, 2.45) is 0 Å². The van der Waals surface area contributed by atoms with Gasteiger partial charge in [-0.25, -0.2) is 9.97 Å². The summed E-state index contributed by atoms with van der Waals surface area (Å²) in [5.74, 6) is 0.741. The number of aromatic nitrogens is 3. The molecule has 20 heavy (non-hydrogen) atoms. The van der Waals surface area contributed by atoms with E-state index in [4.69, 9.17) is 0 Å². The zero-order chi connectivity index (χ0) is 14.1. The van der Waals surface area contributed by atoms with E-state index in [1.807, 2.05) is 18.0 Å². The lowest BCUT2D eigenvalue weighted by Gasteiger charge is -2.18. The van der Waals surface area contributed by atoms with Gasteiger partial charge < -0.3 is 9.88 Å². The fourth-order valence-electron chi connectivity index (χ4n) is 2.05. The number of benzene rings is 1. The lowest BCUT2D eigenvalue weighted by Crippen LogP contribution is -2.11. The molecule has 0 fully saturated rings. The monoisotopic (exact) mass is 269 g/mol. The van der Waals surface area contributed by atoms with Crippen molar-refractivity contribution in [1.29, 1.82) is 0 Å². The van der Waals surface area contributed by atoms with Gasteiger partial charge in [-0.3, -0.25) is 10.1 Å². The predicted octanol–water partition coefficient (Wildman–Crippen LogP) is 2.63. The highest BCUT2D eigenvalue weighted by Crippen LogP contribution is 2.28. The molecular weight excluding hydrogens is 258 g/mol. The van der Waals surface area contributed by atoms with E-state index in [2.05, 4.69) is 15.0 Å². The minimum atomic E-state index is -0.418. The minimum absolute atomic E-state index is 0.0663. The smallest absolute Gasteiger partial charge is 0.269 e. The lowest BCUT2D eigenvalue weighted by molar-refractivity contribution is -0.384. The van der Waals surface area contributed by atoms with Gasteiger partial charge in [0, 0.05) is 31.1 Å². The van der Waals surface area contributed by atoms with Gasteiger partial charge in [0.1, 0.15) is 17.8 Å². The number of nitrogens with one attached hydrogen (secondary N) is 1. The molecule has 0 aliphatic carbocycles. The van der Waals surface area contributed by atoms with E-state index in [1.54, 1.807) is 18.3 Å². The summed E-state index contributed by atoms with van der Waals surface area (Å²) in [7, 11) is 1.86. The van der Waals surface area contributed by atoms with Gasteiger partial charge in [0.25, 0.3) is 5.69 Å². The molecule has 0 amide bonds. The molecule has 3 rings (SSSR count). The molecule has 7 heteroatoms. The van der Waals surface area contributed by atoms with E-state index in [-0.39, 0.29) is 5.69 Å². The first-order valence-corrected chi connectivity index (χ1v) is 5.93. The molecule has 0 saturated carbocycles. The zero-order valence-corrected chi connectivity index (χ0v) is 10.6. The topological polar surface area (TPSA) is 87.9 Å². The first-order chi connectivity index (χ1) is 9.66. The number of non-ortho nitro benzene ring substituents is 1. The number of aromatic amines is 1. The van der Waals surface area contributed by atoms with Crippen molar-refractivity contribution >= 4 is 28.2 Å². The number of anilines is 2. The Morgan fingerprint density at radius 1 is 1.20 bits per heavy atom. The fourth-order valence-corrected chi connectivity index (χ4v) is 2.05. The van der Waals surface area contributed by atoms with Crippen molar-refractivity contribution in [3.05, 3.63) is 53.0 Å². The summed E-state index contributed by atoms with van der Waals surface area (Å²) in [6.45, 7) is 0. The molecule has 100 valence electrons. The van der Waals surface area contributed by atoms with E-state index in [9.17, 15) is 10.1 Å². The Hall–Kier alpha value is -2.96. The van der Waals surface area contributed by atoms with Crippen molar-refractivity contribution in [2.75, 3.05) is 11.9 Å². The van der Waals surface area contributed by atoms with Crippen LogP contribution in [0.1, 0.15) is 0 Å². The van der Waals surface area contributed by atoms with E-state index in [0.29, 0.717) is 0 Å². The normalized spacial score (nSPS) is 10.7. The number of nitrogens with zero attached hydrogens (tertiary/aromatic N) is 4. The third-order valence-corrected chi connectivity index (χ3v) is 3.10. The second-order valence-corrected chi connectivity index (χ2v) is 4.27. The van der Waals surface area contributed by atoms with Crippen LogP contribution < -0.4 is 4.90 Å². The number of H-pyrrole nitrogens is 1. The maximum atomic E-state index is 10.7. The number of rotatable bonds is 3. The molecule has 0 saturated heterocycles. The van der Waals surface area contributed by atoms with Crippen molar-refractivity contribution in [2.45, 2.75) is 0 Å². The second-order valence-electron chi connectivity index (χ2n) is 4.27. The van der Waals surface area contributed by atoms with Crippen molar-refractivity contribution in [3.8, 4) is 0 Å². The standard InChI is InChI=1S/C13H11N5O2/c1-17(9-2-4-10(5-3-9)18(19)20)13-11-6-7-14-12(11)15-8-16-13/h2-8H,1H3,(H,14,15,16).